The van der Waals surface area contributed by atoms with E-state index in [-0.39, 0.29) is 0 Å². The summed E-state index contributed by atoms with van der Waals surface area (Å²) in [5.74, 6) is -0.477. The summed E-state index contributed by atoms with van der Waals surface area (Å²) in [6, 6.07) is -0.495. The molecule has 0 amide bonds. The quantitative estimate of drug-likeness (QED) is 0.415. The van der Waals surface area contributed by atoms with Gasteiger partial charge in [0.25, 0.3) is 0 Å². The van der Waals surface area contributed by atoms with E-state index in [1.54, 1.807) is 0 Å². The molecule has 11 heavy (non-hydrogen) atoms. The van der Waals surface area contributed by atoms with E-state index in [2.05, 4.69) is 24.9 Å². The lowest BCUT2D eigenvalue weighted by Gasteiger charge is -2.10. The van der Waals surface area contributed by atoms with E-state index >= 15 is 0 Å². The zero-order chi connectivity index (χ0) is 8.69. The van der Waals surface area contributed by atoms with Crippen molar-refractivity contribution < 1.29 is 9.90 Å². The number of rotatable bonds is 6. The first-order chi connectivity index (χ1) is 5.22. The maximum atomic E-state index is 10.4. The third kappa shape index (κ3) is 5.09. The van der Waals surface area contributed by atoms with Crippen molar-refractivity contribution in [2.75, 3.05) is 12.3 Å². The molecule has 0 heterocycles. The molecule has 0 saturated carbocycles. The van der Waals surface area contributed by atoms with Gasteiger partial charge in [0.2, 0.25) is 0 Å². The molecule has 1 atom stereocenters. The van der Waals surface area contributed by atoms with Crippen molar-refractivity contribution in [1.82, 2.24) is 5.32 Å². The number of carbonyl (C=O) groups is 1. The lowest BCUT2D eigenvalue weighted by molar-refractivity contribution is -0.138. The van der Waals surface area contributed by atoms with E-state index in [1.165, 1.54) is 0 Å². The number of thiol groups is 1. The number of hydrogen-bond donors (Lipinski definition) is 3. The van der Waals surface area contributed by atoms with Crippen LogP contribution in [-0.4, -0.2) is 29.4 Å². The van der Waals surface area contributed by atoms with Gasteiger partial charge in [-0.1, -0.05) is 13.3 Å². The van der Waals surface area contributed by atoms with Crippen LogP contribution < -0.4 is 5.32 Å². The Labute approximate surface area is 72.6 Å². The van der Waals surface area contributed by atoms with Crippen molar-refractivity contribution in [3.8, 4) is 0 Å². The van der Waals surface area contributed by atoms with Crippen molar-refractivity contribution >= 4 is 18.6 Å². The number of unbranched alkanes of at least 4 members (excludes halogenated alkanes) is 1. The highest BCUT2D eigenvalue weighted by Crippen LogP contribution is 1.90. The van der Waals surface area contributed by atoms with Gasteiger partial charge in [0.05, 0.1) is 0 Å². The summed E-state index contributed by atoms with van der Waals surface area (Å²) >= 11 is 3.91. The third-order valence-corrected chi connectivity index (χ3v) is 1.77. The highest BCUT2D eigenvalue weighted by molar-refractivity contribution is 7.80. The van der Waals surface area contributed by atoms with Crippen LogP contribution in [0, 0.1) is 0 Å². The van der Waals surface area contributed by atoms with Gasteiger partial charge in [-0.3, -0.25) is 4.79 Å². The van der Waals surface area contributed by atoms with E-state index in [0.717, 1.165) is 19.4 Å². The van der Waals surface area contributed by atoms with Crippen molar-refractivity contribution in [1.29, 1.82) is 0 Å². The third-order valence-electron chi connectivity index (χ3n) is 1.40. The topological polar surface area (TPSA) is 49.3 Å². The molecular formula is C7H15NO2S. The minimum absolute atomic E-state index is 0.346. The fourth-order valence-corrected chi connectivity index (χ4v) is 0.968. The normalized spacial score (nSPS) is 12.9. The lowest BCUT2D eigenvalue weighted by atomic mass is 10.3. The Hall–Kier alpha value is -0.220. The van der Waals surface area contributed by atoms with Crippen LogP contribution in [0.25, 0.3) is 0 Å². The molecule has 0 aromatic heterocycles. The van der Waals surface area contributed by atoms with Gasteiger partial charge in [-0.15, -0.1) is 0 Å². The number of carboxylic acids is 1. The summed E-state index contributed by atoms with van der Waals surface area (Å²) in [4.78, 5) is 10.4. The fraction of sp³-hybridized carbons (Fsp3) is 0.857. The molecule has 0 radical (unpaired) electrons. The predicted octanol–water partition coefficient (Wildman–Crippen LogP) is 0.759. The van der Waals surface area contributed by atoms with Gasteiger partial charge < -0.3 is 10.4 Å². The summed E-state index contributed by atoms with van der Waals surface area (Å²) in [5, 5.41) is 11.5. The largest absolute Gasteiger partial charge is 0.480 e. The SMILES string of the molecule is CCCCNC(CS)C(=O)O. The first-order valence-corrected chi connectivity index (χ1v) is 4.42. The molecule has 4 heteroatoms. The van der Waals surface area contributed by atoms with Gasteiger partial charge in [-0.25, -0.2) is 0 Å². The Morgan fingerprint density at radius 1 is 1.73 bits per heavy atom. The smallest absolute Gasteiger partial charge is 0.321 e. The predicted molar refractivity (Wildman–Crippen MR) is 48.2 cm³/mol. The summed E-state index contributed by atoms with van der Waals surface area (Å²) in [7, 11) is 0. The molecule has 0 aromatic rings. The molecule has 2 N–H and O–H groups in total. The molecule has 66 valence electrons. The average molecular weight is 177 g/mol. The number of nitrogens with one attached hydrogen (secondary N) is 1. The maximum Gasteiger partial charge on any atom is 0.321 e. The van der Waals surface area contributed by atoms with Crippen molar-refractivity contribution in [3.63, 3.8) is 0 Å². The van der Waals surface area contributed by atoms with Gasteiger partial charge in [0, 0.05) is 5.75 Å². The zero-order valence-corrected chi connectivity index (χ0v) is 7.60. The Kier molecular flexibility index (Phi) is 6.36. The highest BCUT2D eigenvalue weighted by atomic mass is 32.1. The molecule has 0 aliphatic carbocycles. The minimum Gasteiger partial charge on any atom is -0.480 e. The van der Waals surface area contributed by atoms with Gasteiger partial charge >= 0.3 is 5.97 Å². The fourth-order valence-electron chi connectivity index (χ4n) is 0.683. The van der Waals surface area contributed by atoms with Gasteiger partial charge in [0.1, 0.15) is 6.04 Å². The molecular weight excluding hydrogens is 162 g/mol. The highest BCUT2D eigenvalue weighted by Gasteiger charge is 2.12. The van der Waals surface area contributed by atoms with Gasteiger partial charge in [0.15, 0.2) is 0 Å². The molecule has 0 aliphatic rings. The second kappa shape index (κ2) is 6.49. The van der Waals surface area contributed by atoms with Crippen molar-refractivity contribution in [2.45, 2.75) is 25.8 Å². The average Bonchev–Trinajstić information content (AvgIpc) is 1.97. The summed E-state index contributed by atoms with van der Waals surface area (Å²) < 4.78 is 0. The van der Waals surface area contributed by atoms with Crippen LogP contribution in [0.4, 0.5) is 0 Å². The van der Waals surface area contributed by atoms with E-state index in [9.17, 15) is 4.79 Å². The van der Waals surface area contributed by atoms with Crippen LogP contribution in [-0.2, 0) is 4.79 Å². The summed E-state index contributed by atoms with van der Waals surface area (Å²) in [5.41, 5.74) is 0. The van der Waals surface area contributed by atoms with Crippen molar-refractivity contribution in [2.24, 2.45) is 0 Å². The summed E-state index contributed by atoms with van der Waals surface area (Å²) in [6.45, 7) is 2.83. The number of carboxylic acid groups (broad SMARTS) is 1. The molecule has 1 unspecified atom stereocenters. The second-order valence-electron chi connectivity index (χ2n) is 2.38. The first kappa shape index (κ1) is 10.8. The van der Waals surface area contributed by atoms with E-state index < -0.39 is 12.0 Å². The monoisotopic (exact) mass is 177 g/mol. The standard InChI is InChI=1S/C7H15NO2S/c1-2-3-4-8-6(5-11)7(9)10/h6,8,11H,2-5H2,1H3,(H,9,10). The van der Waals surface area contributed by atoms with Crippen molar-refractivity contribution in [3.05, 3.63) is 0 Å². The zero-order valence-electron chi connectivity index (χ0n) is 6.71. The Morgan fingerprint density at radius 3 is 2.73 bits per heavy atom. The van der Waals surface area contributed by atoms with E-state index in [1.807, 2.05) is 0 Å². The van der Waals surface area contributed by atoms with Crippen LogP contribution in [0.1, 0.15) is 19.8 Å². The maximum absolute atomic E-state index is 10.4. The molecule has 0 aromatic carbocycles. The molecule has 0 saturated heterocycles. The van der Waals surface area contributed by atoms with Gasteiger partial charge in [-0.05, 0) is 13.0 Å². The molecule has 0 aliphatic heterocycles. The van der Waals surface area contributed by atoms with Gasteiger partial charge in [-0.2, -0.15) is 12.6 Å². The Bertz CT molecular complexity index is 119. The van der Waals surface area contributed by atoms with Crippen LogP contribution in [0.15, 0.2) is 0 Å². The Balaban J connectivity index is 3.44. The van der Waals surface area contributed by atoms with E-state index in [4.69, 9.17) is 5.11 Å². The number of aliphatic carboxylic acids is 1. The molecule has 0 bridgehead atoms. The molecule has 0 rings (SSSR count). The van der Waals surface area contributed by atoms with Crippen LogP contribution in [0.3, 0.4) is 0 Å². The molecule has 3 nitrogen and oxygen atoms in total. The molecule has 0 spiro atoms. The van der Waals surface area contributed by atoms with Crippen LogP contribution in [0.2, 0.25) is 0 Å². The molecule has 0 fully saturated rings. The van der Waals surface area contributed by atoms with Crippen LogP contribution in [0.5, 0.6) is 0 Å². The minimum atomic E-state index is -0.823. The number of hydrogen-bond acceptors (Lipinski definition) is 3. The second-order valence-corrected chi connectivity index (χ2v) is 2.75. The van der Waals surface area contributed by atoms with E-state index in [0.29, 0.717) is 5.75 Å². The summed E-state index contributed by atoms with van der Waals surface area (Å²) in [6.07, 6.45) is 2.09. The Morgan fingerprint density at radius 2 is 2.36 bits per heavy atom. The lowest BCUT2D eigenvalue weighted by Crippen LogP contribution is -2.38. The van der Waals surface area contributed by atoms with Crippen LogP contribution >= 0.6 is 12.6 Å². The first-order valence-electron chi connectivity index (χ1n) is 3.79.